The van der Waals surface area contributed by atoms with Crippen LogP contribution in [-0.2, 0) is 6.54 Å². The molecule has 0 radical (unpaired) electrons. The molecule has 2 aromatic heterocycles. The topological polar surface area (TPSA) is 99.4 Å². The Morgan fingerprint density at radius 2 is 1.91 bits per heavy atom. The smallest absolute Gasteiger partial charge is 0.422 e. The van der Waals surface area contributed by atoms with Gasteiger partial charge in [0, 0.05) is 17.2 Å². The van der Waals surface area contributed by atoms with Crippen LogP contribution in [0.5, 0.6) is 11.8 Å². The number of hydrogen-bond donors (Lipinski definition) is 1. The zero-order valence-corrected chi connectivity index (χ0v) is 17.7. The van der Waals surface area contributed by atoms with Crippen molar-refractivity contribution in [1.29, 1.82) is 0 Å². The van der Waals surface area contributed by atoms with Crippen LogP contribution in [0.25, 0.3) is 11.1 Å². The zero-order valence-electron chi connectivity index (χ0n) is 16.9. The molecule has 3 rings (SSSR count). The first kappa shape index (κ1) is 23.3. The number of amides is 1. The summed E-state index contributed by atoms with van der Waals surface area (Å²) < 4.78 is 52.3. The van der Waals surface area contributed by atoms with Crippen molar-refractivity contribution in [2.24, 2.45) is 0 Å². The van der Waals surface area contributed by atoms with Gasteiger partial charge in [0.05, 0.1) is 17.8 Å². The van der Waals surface area contributed by atoms with Crippen molar-refractivity contribution in [3.8, 4) is 22.9 Å². The quantitative estimate of drug-likeness (QED) is 0.510. The minimum Gasteiger partial charge on any atom is -0.467 e. The number of nitrogens with one attached hydrogen (secondary N) is 1. The summed E-state index contributed by atoms with van der Waals surface area (Å²) >= 11 is 5.89. The molecule has 0 atom stereocenters. The van der Waals surface area contributed by atoms with Crippen LogP contribution >= 0.6 is 11.6 Å². The van der Waals surface area contributed by atoms with Gasteiger partial charge in [-0.25, -0.2) is 4.79 Å². The van der Waals surface area contributed by atoms with E-state index in [2.05, 4.69) is 25.4 Å². The number of carbonyl (C=O) groups is 1. The largest absolute Gasteiger partial charge is 0.467 e. The lowest BCUT2D eigenvalue weighted by molar-refractivity contribution is -0.154. The van der Waals surface area contributed by atoms with Crippen molar-refractivity contribution < 1.29 is 32.0 Å². The second-order valence-electron chi connectivity index (χ2n) is 6.93. The Morgan fingerprint density at radius 1 is 1.19 bits per heavy atom. The predicted molar refractivity (Wildman–Crippen MR) is 107 cm³/mol. The minimum atomic E-state index is -4.55. The van der Waals surface area contributed by atoms with Crippen molar-refractivity contribution in [3.63, 3.8) is 0 Å². The first-order valence-corrected chi connectivity index (χ1v) is 9.73. The highest BCUT2D eigenvalue weighted by atomic mass is 35.5. The Kier molecular flexibility index (Phi) is 7.18. The first-order chi connectivity index (χ1) is 15.1. The molecule has 12 heteroatoms. The average molecular weight is 471 g/mol. The highest BCUT2D eigenvalue weighted by molar-refractivity contribution is 6.30. The van der Waals surface area contributed by atoms with E-state index >= 15 is 0 Å². The van der Waals surface area contributed by atoms with Gasteiger partial charge in [0.2, 0.25) is 5.88 Å². The molecule has 2 heterocycles. The van der Waals surface area contributed by atoms with Crippen LogP contribution in [0.3, 0.4) is 0 Å². The van der Waals surface area contributed by atoms with Gasteiger partial charge in [-0.3, -0.25) is 0 Å². The zero-order chi connectivity index (χ0) is 23.3. The standard InChI is InChI=1S/C20H18ClF3N4O4/c1-11(2)16-7-14(32-28-16)9-25-19(29)31-18-15(12-3-5-13(21)6-4-12)8-17(26-27-18)30-10-20(22,23)24/h3-8,11H,9-10H2,1-2H3,(H,25,29). The number of hydrogen-bond acceptors (Lipinski definition) is 7. The van der Waals surface area contributed by atoms with Gasteiger partial charge in [-0.15, -0.1) is 10.2 Å². The predicted octanol–water partition coefficient (Wildman–Crippen LogP) is 5.14. The third-order valence-electron chi connectivity index (χ3n) is 4.04. The molecule has 0 spiro atoms. The first-order valence-electron chi connectivity index (χ1n) is 9.35. The second kappa shape index (κ2) is 9.86. The molecule has 0 aliphatic heterocycles. The van der Waals surface area contributed by atoms with E-state index in [1.165, 1.54) is 6.07 Å². The molecule has 1 N–H and O–H groups in total. The van der Waals surface area contributed by atoms with Crippen LogP contribution in [-0.4, -0.2) is 34.2 Å². The maximum Gasteiger partial charge on any atom is 0.422 e. The molecule has 0 bridgehead atoms. The van der Waals surface area contributed by atoms with Crippen molar-refractivity contribution in [1.82, 2.24) is 20.7 Å². The molecule has 8 nitrogen and oxygen atoms in total. The van der Waals surface area contributed by atoms with Crippen LogP contribution in [0.1, 0.15) is 31.2 Å². The third-order valence-corrected chi connectivity index (χ3v) is 4.29. The lowest BCUT2D eigenvalue weighted by atomic mass is 10.1. The summed E-state index contributed by atoms with van der Waals surface area (Å²) in [5, 5.41) is 14.1. The Morgan fingerprint density at radius 3 is 2.53 bits per heavy atom. The minimum absolute atomic E-state index is 0.00897. The van der Waals surface area contributed by atoms with E-state index in [1.54, 1.807) is 30.3 Å². The molecule has 32 heavy (non-hydrogen) atoms. The van der Waals surface area contributed by atoms with Gasteiger partial charge >= 0.3 is 12.3 Å². The van der Waals surface area contributed by atoms with E-state index in [-0.39, 0.29) is 29.8 Å². The molecule has 0 aliphatic rings. The average Bonchev–Trinajstić information content (AvgIpc) is 3.21. The Balaban J connectivity index is 1.76. The SMILES string of the molecule is CC(C)c1cc(CNC(=O)Oc2nnc(OCC(F)(F)F)cc2-c2ccc(Cl)cc2)on1. The van der Waals surface area contributed by atoms with E-state index < -0.39 is 18.9 Å². The summed E-state index contributed by atoms with van der Waals surface area (Å²) in [5.74, 6) is -0.0344. The van der Waals surface area contributed by atoms with Crippen molar-refractivity contribution in [2.45, 2.75) is 32.5 Å². The summed E-state index contributed by atoms with van der Waals surface area (Å²) in [6.07, 6.45) is -5.42. The molecule has 1 aromatic carbocycles. The lowest BCUT2D eigenvalue weighted by Crippen LogP contribution is -2.27. The third kappa shape index (κ3) is 6.58. The number of benzene rings is 1. The van der Waals surface area contributed by atoms with E-state index in [4.69, 9.17) is 20.9 Å². The molecule has 0 aliphatic carbocycles. The summed E-state index contributed by atoms with van der Waals surface area (Å²) in [5.41, 5.74) is 1.40. The summed E-state index contributed by atoms with van der Waals surface area (Å²) in [4.78, 5) is 12.2. The summed E-state index contributed by atoms with van der Waals surface area (Å²) in [6.45, 7) is 2.36. The maximum atomic E-state index is 12.5. The second-order valence-corrected chi connectivity index (χ2v) is 7.36. The number of alkyl halides is 3. The number of rotatable bonds is 7. The monoisotopic (exact) mass is 470 g/mol. The molecule has 1 amide bonds. The van der Waals surface area contributed by atoms with Crippen molar-refractivity contribution >= 4 is 17.7 Å². The van der Waals surface area contributed by atoms with Crippen LogP contribution in [0.4, 0.5) is 18.0 Å². The molecular formula is C20H18ClF3N4O4. The molecule has 0 unspecified atom stereocenters. The number of nitrogens with zero attached hydrogens (tertiary/aromatic N) is 3. The Bertz CT molecular complexity index is 1070. The van der Waals surface area contributed by atoms with Crippen LogP contribution in [0, 0.1) is 0 Å². The van der Waals surface area contributed by atoms with Gasteiger partial charge < -0.3 is 19.3 Å². The van der Waals surface area contributed by atoms with Gasteiger partial charge in [-0.2, -0.15) is 13.2 Å². The highest BCUT2D eigenvalue weighted by Gasteiger charge is 2.29. The van der Waals surface area contributed by atoms with E-state index in [0.717, 1.165) is 5.69 Å². The van der Waals surface area contributed by atoms with E-state index in [0.29, 0.717) is 16.3 Å². The van der Waals surface area contributed by atoms with Gasteiger partial charge in [0.1, 0.15) is 0 Å². The fourth-order valence-electron chi connectivity index (χ4n) is 2.47. The number of halogens is 4. The molecule has 170 valence electrons. The van der Waals surface area contributed by atoms with Crippen molar-refractivity contribution in [3.05, 3.63) is 52.9 Å². The summed E-state index contributed by atoms with van der Waals surface area (Å²) in [7, 11) is 0. The number of carbonyl (C=O) groups excluding carboxylic acids is 1. The van der Waals surface area contributed by atoms with Gasteiger partial charge in [0.25, 0.3) is 5.88 Å². The Labute approximate surface area is 185 Å². The lowest BCUT2D eigenvalue weighted by Gasteiger charge is -2.12. The van der Waals surface area contributed by atoms with Gasteiger partial charge in [-0.1, -0.05) is 42.7 Å². The molecule has 0 saturated carbocycles. The van der Waals surface area contributed by atoms with Crippen LogP contribution < -0.4 is 14.8 Å². The van der Waals surface area contributed by atoms with Crippen LogP contribution in [0.2, 0.25) is 5.02 Å². The normalized spacial score (nSPS) is 11.5. The highest BCUT2D eigenvalue weighted by Crippen LogP contribution is 2.31. The fourth-order valence-corrected chi connectivity index (χ4v) is 2.59. The van der Waals surface area contributed by atoms with Gasteiger partial charge in [0.15, 0.2) is 12.4 Å². The van der Waals surface area contributed by atoms with E-state index in [9.17, 15) is 18.0 Å². The Hall–Kier alpha value is -3.34. The molecular weight excluding hydrogens is 453 g/mol. The maximum absolute atomic E-state index is 12.5. The van der Waals surface area contributed by atoms with Crippen LogP contribution in [0.15, 0.2) is 40.9 Å². The molecule has 0 saturated heterocycles. The summed E-state index contributed by atoms with van der Waals surface area (Å²) in [6, 6.07) is 9.19. The fraction of sp³-hybridized carbons (Fsp3) is 0.300. The van der Waals surface area contributed by atoms with E-state index in [1.807, 2.05) is 13.8 Å². The molecule has 0 fully saturated rings. The number of ether oxygens (including phenoxy) is 2. The van der Waals surface area contributed by atoms with Crippen molar-refractivity contribution in [2.75, 3.05) is 6.61 Å². The molecule has 3 aromatic rings. The van der Waals surface area contributed by atoms with Gasteiger partial charge in [-0.05, 0) is 23.6 Å². The number of aromatic nitrogens is 3.